The Labute approximate surface area is 45.8 Å². The van der Waals surface area contributed by atoms with E-state index in [1.807, 2.05) is 0 Å². The Morgan fingerprint density at radius 3 is 1.86 bits per heavy atom. The highest BCUT2D eigenvalue weighted by Gasteiger charge is 2.24. The zero-order valence-corrected chi connectivity index (χ0v) is 4.60. The molecule has 42 valence electrons. The van der Waals surface area contributed by atoms with Crippen LogP contribution in [0.2, 0.25) is 0 Å². The van der Waals surface area contributed by atoms with Crippen LogP contribution in [0.5, 0.6) is 0 Å². The fraction of sp³-hybridized carbons (Fsp3) is 0.500. The molecule has 0 aromatic heterocycles. The van der Waals surface area contributed by atoms with E-state index in [4.69, 9.17) is 0 Å². The molecule has 0 aromatic rings. The summed E-state index contributed by atoms with van der Waals surface area (Å²) < 4.78 is 23.0. The highest BCUT2D eigenvalue weighted by molar-refractivity contribution is 6.23. The van der Waals surface area contributed by atoms with Crippen molar-refractivity contribution in [3.05, 3.63) is 12.2 Å². The van der Waals surface area contributed by atoms with Gasteiger partial charge in [0.25, 0.3) is 0 Å². The second-order valence-electron chi connectivity index (χ2n) is 1.28. The molecule has 3 heteroatoms. The zero-order chi connectivity index (χ0) is 6.08. The van der Waals surface area contributed by atoms with Gasteiger partial charge in [0.1, 0.15) is 0 Å². The van der Waals surface area contributed by atoms with Crippen LogP contribution in [0.1, 0.15) is 6.92 Å². The second-order valence-corrected chi connectivity index (χ2v) is 1.75. The summed E-state index contributed by atoms with van der Waals surface area (Å²) in [5.74, 6) is 0. The molecule has 0 atom stereocenters. The van der Waals surface area contributed by atoms with Crippen molar-refractivity contribution in [2.75, 3.05) is 0 Å². The van der Waals surface area contributed by atoms with E-state index < -0.39 is 5.38 Å². The molecule has 0 rings (SSSR count). The van der Waals surface area contributed by atoms with Crippen molar-refractivity contribution in [2.45, 2.75) is 12.3 Å². The SMILES string of the molecule is C=C(C)C(F)(F)Cl. The molecule has 0 fully saturated rings. The molecule has 0 aliphatic carbocycles. The summed E-state index contributed by atoms with van der Waals surface area (Å²) in [4.78, 5) is 0. The standard InChI is InChI=1S/C4H5ClF2/c1-3(2)4(5,6)7/h1H2,2H3. The van der Waals surface area contributed by atoms with Gasteiger partial charge in [0.15, 0.2) is 0 Å². The predicted molar refractivity (Wildman–Crippen MR) is 25.6 cm³/mol. The van der Waals surface area contributed by atoms with E-state index in [1.54, 1.807) is 0 Å². The van der Waals surface area contributed by atoms with Crippen molar-refractivity contribution in [1.29, 1.82) is 0 Å². The molecular weight excluding hydrogens is 121 g/mol. The van der Waals surface area contributed by atoms with Gasteiger partial charge < -0.3 is 0 Å². The monoisotopic (exact) mass is 126 g/mol. The fourth-order valence-electron chi connectivity index (χ4n) is 0. The van der Waals surface area contributed by atoms with Crippen molar-refractivity contribution in [3.63, 3.8) is 0 Å². The Morgan fingerprint density at radius 2 is 1.86 bits per heavy atom. The van der Waals surface area contributed by atoms with Gasteiger partial charge in [-0.3, -0.25) is 0 Å². The van der Waals surface area contributed by atoms with Crippen molar-refractivity contribution >= 4 is 11.6 Å². The molecule has 0 amide bonds. The lowest BCUT2D eigenvalue weighted by molar-refractivity contribution is 0.139. The van der Waals surface area contributed by atoms with Crippen molar-refractivity contribution < 1.29 is 8.78 Å². The van der Waals surface area contributed by atoms with E-state index in [-0.39, 0.29) is 5.57 Å². The van der Waals surface area contributed by atoms with Gasteiger partial charge in [-0.25, -0.2) is 0 Å². The van der Waals surface area contributed by atoms with E-state index in [0.717, 1.165) is 0 Å². The molecular formula is C4H5ClF2. The first kappa shape index (κ1) is 6.89. The lowest BCUT2D eigenvalue weighted by atomic mass is 10.4. The first-order valence-corrected chi connectivity index (χ1v) is 2.05. The maximum atomic E-state index is 11.5. The Bertz CT molecular complexity index is 82.2. The highest BCUT2D eigenvalue weighted by Crippen LogP contribution is 2.25. The minimum absolute atomic E-state index is 0.325. The largest absolute Gasteiger partial charge is 0.343 e. The van der Waals surface area contributed by atoms with Gasteiger partial charge in [0, 0.05) is 5.57 Å². The normalized spacial score (nSPS) is 11.4. The second kappa shape index (κ2) is 1.78. The van der Waals surface area contributed by atoms with Gasteiger partial charge in [-0.15, -0.1) is 0 Å². The number of halogens is 3. The van der Waals surface area contributed by atoms with Crippen LogP contribution in [0.4, 0.5) is 8.78 Å². The number of hydrogen-bond donors (Lipinski definition) is 0. The summed E-state index contributed by atoms with van der Waals surface area (Å²) in [6.45, 7) is 4.12. The smallest absolute Gasteiger partial charge is 0.184 e. The maximum Gasteiger partial charge on any atom is 0.343 e. The number of hydrogen-bond acceptors (Lipinski definition) is 0. The Kier molecular flexibility index (Phi) is 1.75. The third-order valence-corrected chi connectivity index (χ3v) is 0.807. The molecule has 0 aliphatic heterocycles. The van der Waals surface area contributed by atoms with Crippen LogP contribution in [-0.4, -0.2) is 5.38 Å². The van der Waals surface area contributed by atoms with E-state index in [0.29, 0.717) is 0 Å². The summed E-state index contributed by atoms with van der Waals surface area (Å²) in [6.07, 6.45) is 0. The van der Waals surface area contributed by atoms with Gasteiger partial charge in [-0.05, 0) is 18.5 Å². The van der Waals surface area contributed by atoms with Crippen molar-refractivity contribution in [1.82, 2.24) is 0 Å². The van der Waals surface area contributed by atoms with Crippen molar-refractivity contribution in [3.8, 4) is 0 Å². The summed E-state index contributed by atoms with van der Waals surface area (Å²) in [5, 5.41) is -3.22. The number of allylic oxidation sites excluding steroid dienone is 1. The summed E-state index contributed by atoms with van der Waals surface area (Å²) in [5.41, 5.74) is -0.325. The lowest BCUT2D eigenvalue weighted by Crippen LogP contribution is -2.04. The topological polar surface area (TPSA) is 0 Å². The Morgan fingerprint density at radius 1 is 1.71 bits per heavy atom. The van der Waals surface area contributed by atoms with E-state index in [2.05, 4.69) is 18.2 Å². The minimum Gasteiger partial charge on any atom is -0.184 e. The average molecular weight is 127 g/mol. The van der Waals surface area contributed by atoms with Gasteiger partial charge in [-0.2, -0.15) is 8.78 Å². The number of alkyl halides is 3. The third-order valence-electron chi connectivity index (χ3n) is 0.484. The summed E-state index contributed by atoms with van der Waals surface area (Å²) in [7, 11) is 0. The molecule has 7 heavy (non-hydrogen) atoms. The van der Waals surface area contributed by atoms with Crippen LogP contribution < -0.4 is 0 Å². The minimum atomic E-state index is -3.22. The Balaban J connectivity index is 3.79. The first-order valence-electron chi connectivity index (χ1n) is 1.67. The molecule has 0 spiro atoms. The van der Waals surface area contributed by atoms with Gasteiger partial charge >= 0.3 is 5.38 Å². The van der Waals surface area contributed by atoms with Crippen molar-refractivity contribution in [2.24, 2.45) is 0 Å². The molecule has 0 aliphatic rings. The molecule has 0 saturated heterocycles. The molecule has 0 unspecified atom stereocenters. The highest BCUT2D eigenvalue weighted by atomic mass is 35.5. The molecule has 0 N–H and O–H groups in total. The van der Waals surface area contributed by atoms with Crippen LogP contribution in [0.15, 0.2) is 12.2 Å². The van der Waals surface area contributed by atoms with Crippen LogP contribution >= 0.6 is 11.6 Å². The van der Waals surface area contributed by atoms with E-state index >= 15 is 0 Å². The molecule has 0 aromatic carbocycles. The quantitative estimate of drug-likeness (QED) is 0.374. The molecule has 0 saturated carbocycles. The van der Waals surface area contributed by atoms with E-state index in [1.165, 1.54) is 6.92 Å². The summed E-state index contributed by atoms with van der Waals surface area (Å²) >= 11 is 4.44. The average Bonchev–Trinajstić information content (AvgIpc) is 1.31. The molecule has 0 heterocycles. The number of rotatable bonds is 1. The molecule has 0 bridgehead atoms. The fourth-order valence-corrected chi connectivity index (χ4v) is 0. The predicted octanol–water partition coefficient (Wildman–Crippen LogP) is 2.39. The Hall–Kier alpha value is -0.110. The van der Waals surface area contributed by atoms with Crippen LogP contribution in [0, 0.1) is 0 Å². The van der Waals surface area contributed by atoms with Crippen LogP contribution in [0.3, 0.4) is 0 Å². The molecule has 0 nitrogen and oxygen atoms in total. The summed E-state index contributed by atoms with van der Waals surface area (Å²) in [6, 6.07) is 0. The third kappa shape index (κ3) is 2.57. The maximum absolute atomic E-state index is 11.5. The molecule has 0 radical (unpaired) electrons. The van der Waals surface area contributed by atoms with Gasteiger partial charge in [0.2, 0.25) is 0 Å². The van der Waals surface area contributed by atoms with Crippen LogP contribution in [0.25, 0.3) is 0 Å². The zero-order valence-electron chi connectivity index (χ0n) is 3.84. The van der Waals surface area contributed by atoms with Gasteiger partial charge in [-0.1, -0.05) is 6.58 Å². The lowest BCUT2D eigenvalue weighted by Gasteiger charge is -2.03. The first-order chi connectivity index (χ1) is 2.94. The van der Waals surface area contributed by atoms with Crippen LogP contribution in [-0.2, 0) is 0 Å². The van der Waals surface area contributed by atoms with Gasteiger partial charge in [0.05, 0.1) is 0 Å². The van der Waals surface area contributed by atoms with E-state index in [9.17, 15) is 8.78 Å².